The van der Waals surface area contributed by atoms with Gasteiger partial charge in [-0.25, -0.2) is 4.98 Å². The molecule has 3 heterocycles. The average Bonchev–Trinajstić information content (AvgIpc) is 3.52. The summed E-state index contributed by atoms with van der Waals surface area (Å²) < 4.78 is 45.4. The number of fused-ring (bicyclic) bond motifs is 2. The van der Waals surface area contributed by atoms with Crippen LogP contribution >= 0.6 is 12.2 Å². The van der Waals surface area contributed by atoms with Crippen LogP contribution in [0.5, 0.6) is 5.75 Å². The molecule has 3 N–H and O–H groups in total. The summed E-state index contributed by atoms with van der Waals surface area (Å²) in [6.45, 7) is 4.81. The number of nitrogens with zero attached hydrogens (tertiary/aromatic N) is 3. The van der Waals surface area contributed by atoms with Crippen LogP contribution in [0.2, 0.25) is 0 Å². The van der Waals surface area contributed by atoms with Crippen LogP contribution in [0.3, 0.4) is 0 Å². The number of aromatic nitrogens is 4. The lowest BCUT2D eigenvalue weighted by Gasteiger charge is -2.36. The van der Waals surface area contributed by atoms with Crippen molar-refractivity contribution in [3.63, 3.8) is 0 Å². The van der Waals surface area contributed by atoms with Crippen LogP contribution in [-0.2, 0) is 6.18 Å². The maximum atomic E-state index is 12.9. The van der Waals surface area contributed by atoms with Gasteiger partial charge in [-0.2, -0.15) is 13.2 Å². The topological polar surface area (TPSA) is 76.0 Å². The van der Waals surface area contributed by atoms with Crippen LogP contribution in [0.25, 0.3) is 33.5 Å². The molecule has 3 aromatic carbocycles. The Kier molecular flexibility index (Phi) is 6.32. The zero-order valence-corrected chi connectivity index (χ0v) is 21.1. The van der Waals surface area contributed by atoms with Crippen molar-refractivity contribution in [3.05, 3.63) is 71.0 Å². The monoisotopic (exact) mass is 538 g/mol. The van der Waals surface area contributed by atoms with Crippen LogP contribution < -0.4 is 9.64 Å². The van der Waals surface area contributed by atoms with Gasteiger partial charge in [0.1, 0.15) is 29.2 Å². The zero-order chi connectivity index (χ0) is 26.3. The van der Waals surface area contributed by atoms with E-state index in [1.54, 1.807) is 0 Å². The number of imidazole rings is 2. The summed E-state index contributed by atoms with van der Waals surface area (Å²) in [5, 5.41) is 0. The molecule has 0 bridgehead atoms. The fraction of sp³-hybridized carbons (Fsp3) is 0.259. The van der Waals surface area contributed by atoms with Gasteiger partial charge in [-0.1, -0.05) is 24.3 Å². The Morgan fingerprint density at radius 2 is 1.61 bits per heavy atom. The van der Waals surface area contributed by atoms with Gasteiger partial charge in [0, 0.05) is 38.3 Å². The molecular formula is C27H25F3N6OS. The van der Waals surface area contributed by atoms with Crippen molar-refractivity contribution in [1.29, 1.82) is 0 Å². The number of hydrogen-bond acceptors (Lipinski definition) is 5. The standard InChI is InChI=1S/C27H25F3N6OS/c28-27(29,30)18-9-7-17(8-10-18)25-31-19-3-1-5-21(23(19)33-25)36-13-11-35(12-14-36)15-16-37-22-6-2-4-20-24(22)34-26(38)32-20/h1-10H,11-16H2,(H,31,33)(H2,32,34,38). The van der Waals surface area contributed by atoms with E-state index in [1.807, 2.05) is 36.4 Å². The van der Waals surface area contributed by atoms with E-state index in [0.29, 0.717) is 22.8 Å². The third-order valence-electron chi connectivity index (χ3n) is 6.87. The van der Waals surface area contributed by atoms with E-state index in [4.69, 9.17) is 21.9 Å². The van der Waals surface area contributed by atoms with E-state index < -0.39 is 11.7 Å². The lowest BCUT2D eigenvalue weighted by Crippen LogP contribution is -2.47. The number of halogens is 3. The highest BCUT2D eigenvalue weighted by Crippen LogP contribution is 2.32. The predicted octanol–water partition coefficient (Wildman–Crippen LogP) is 5.99. The van der Waals surface area contributed by atoms with Gasteiger partial charge in [-0.15, -0.1) is 0 Å². The third-order valence-corrected chi connectivity index (χ3v) is 7.07. The highest BCUT2D eigenvalue weighted by atomic mass is 32.1. The first-order valence-corrected chi connectivity index (χ1v) is 12.7. The van der Waals surface area contributed by atoms with Crippen molar-refractivity contribution in [2.24, 2.45) is 0 Å². The Morgan fingerprint density at radius 3 is 2.37 bits per heavy atom. The van der Waals surface area contributed by atoms with Gasteiger partial charge in [0.25, 0.3) is 0 Å². The first-order chi connectivity index (χ1) is 18.3. The van der Waals surface area contributed by atoms with Crippen molar-refractivity contribution in [2.75, 3.05) is 44.2 Å². The maximum Gasteiger partial charge on any atom is 0.416 e. The van der Waals surface area contributed by atoms with Gasteiger partial charge in [0.2, 0.25) is 0 Å². The van der Waals surface area contributed by atoms with Crippen LogP contribution in [0.4, 0.5) is 18.9 Å². The number of rotatable bonds is 6. The van der Waals surface area contributed by atoms with Crippen molar-refractivity contribution < 1.29 is 17.9 Å². The van der Waals surface area contributed by atoms with E-state index in [1.165, 1.54) is 12.1 Å². The zero-order valence-electron chi connectivity index (χ0n) is 20.3. The number of para-hydroxylation sites is 2. The number of benzene rings is 3. The smallest absolute Gasteiger partial charge is 0.416 e. The number of H-pyrrole nitrogens is 3. The first-order valence-electron chi connectivity index (χ1n) is 12.3. The van der Waals surface area contributed by atoms with E-state index in [-0.39, 0.29) is 0 Å². The number of hydrogen-bond donors (Lipinski definition) is 3. The summed E-state index contributed by atoms with van der Waals surface area (Å²) in [7, 11) is 0. The number of anilines is 1. The number of ether oxygens (including phenoxy) is 1. The highest BCUT2D eigenvalue weighted by Gasteiger charge is 2.30. The summed E-state index contributed by atoms with van der Waals surface area (Å²) in [5.41, 5.74) is 4.43. The van der Waals surface area contributed by atoms with Crippen molar-refractivity contribution in [3.8, 4) is 17.1 Å². The third kappa shape index (κ3) is 4.86. The molecule has 0 radical (unpaired) electrons. The fourth-order valence-electron chi connectivity index (χ4n) is 4.87. The molecule has 11 heteroatoms. The van der Waals surface area contributed by atoms with E-state index in [2.05, 4.69) is 24.8 Å². The average molecular weight is 539 g/mol. The van der Waals surface area contributed by atoms with Gasteiger partial charge in [-0.05, 0) is 48.6 Å². The molecule has 0 aliphatic carbocycles. The Balaban J connectivity index is 1.10. The molecule has 1 saturated heterocycles. The quantitative estimate of drug-likeness (QED) is 0.232. The van der Waals surface area contributed by atoms with Crippen molar-refractivity contribution in [2.45, 2.75) is 6.18 Å². The van der Waals surface area contributed by atoms with Crippen LogP contribution in [0.1, 0.15) is 5.56 Å². The van der Waals surface area contributed by atoms with E-state index in [9.17, 15) is 13.2 Å². The lowest BCUT2D eigenvalue weighted by atomic mass is 10.1. The molecule has 5 aromatic rings. The Morgan fingerprint density at radius 1 is 0.868 bits per heavy atom. The molecular weight excluding hydrogens is 513 g/mol. The molecule has 0 spiro atoms. The molecule has 0 amide bonds. The Labute approximate surface area is 221 Å². The number of alkyl halides is 3. The molecule has 7 nitrogen and oxygen atoms in total. The van der Waals surface area contributed by atoms with Crippen LogP contribution in [0, 0.1) is 4.77 Å². The van der Waals surface area contributed by atoms with Crippen LogP contribution in [-0.4, -0.2) is 64.2 Å². The van der Waals surface area contributed by atoms with Gasteiger partial charge in [0.05, 0.1) is 22.3 Å². The molecule has 1 aliphatic heterocycles. The molecule has 1 aliphatic rings. The molecule has 2 aromatic heterocycles. The molecule has 38 heavy (non-hydrogen) atoms. The second-order valence-corrected chi connectivity index (χ2v) is 9.68. The summed E-state index contributed by atoms with van der Waals surface area (Å²) in [4.78, 5) is 18.9. The van der Waals surface area contributed by atoms with Crippen molar-refractivity contribution in [1.82, 2.24) is 24.8 Å². The summed E-state index contributed by atoms with van der Waals surface area (Å²) in [6, 6.07) is 16.8. The molecule has 1 fully saturated rings. The van der Waals surface area contributed by atoms with Gasteiger partial charge >= 0.3 is 6.18 Å². The second-order valence-electron chi connectivity index (χ2n) is 9.27. The minimum atomic E-state index is -4.36. The first kappa shape index (κ1) is 24.5. The summed E-state index contributed by atoms with van der Waals surface area (Å²) >= 11 is 5.19. The second kappa shape index (κ2) is 9.80. The normalized spacial score (nSPS) is 15.0. The van der Waals surface area contributed by atoms with E-state index in [0.717, 1.165) is 78.4 Å². The minimum Gasteiger partial charge on any atom is -0.490 e. The summed E-state index contributed by atoms with van der Waals surface area (Å²) in [6.07, 6.45) is -4.36. The van der Waals surface area contributed by atoms with Gasteiger partial charge < -0.3 is 24.6 Å². The molecule has 196 valence electrons. The lowest BCUT2D eigenvalue weighted by molar-refractivity contribution is -0.137. The summed E-state index contributed by atoms with van der Waals surface area (Å²) in [5.74, 6) is 1.33. The Hall–Kier alpha value is -3.83. The van der Waals surface area contributed by atoms with Crippen LogP contribution in [0.15, 0.2) is 60.7 Å². The van der Waals surface area contributed by atoms with Crippen molar-refractivity contribution >= 4 is 40.0 Å². The van der Waals surface area contributed by atoms with Gasteiger partial charge in [-0.3, -0.25) is 4.90 Å². The largest absolute Gasteiger partial charge is 0.490 e. The number of nitrogens with one attached hydrogen (secondary N) is 3. The predicted molar refractivity (Wildman–Crippen MR) is 144 cm³/mol. The molecule has 0 atom stereocenters. The highest BCUT2D eigenvalue weighted by molar-refractivity contribution is 7.71. The minimum absolute atomic E-state index is 0.551. The van der Waals surface area contributed by atoms with Gasteiger partial charge in [0.15, 0.2) is 4.77 Å². The van der Waals surface area contributed by atoms with E-state index >= 15 is 0 Å². The molecule has 0 saturated carbocycles. The maximum absolute atomic E-state index is 12.9. The Bertz CT molecular complexity index is 1630. The fourth-order valence-corrected chi connectivity index (χ4v) is 5.09. The number of aromatic amines is 3. The SMILES string of the molecule is FC(F)(F)c1ccc(-c2nc3c(N4CCN(CCOc5cccc6[nH]c(=S)[nH]c56)CC4)cccc3[nH]2)cc1. The molecule has 0 unspecified atom stereocenters. The molecule has 6 rings (SSSR count). The number of piperazine rings is 1.